The summed E-state index contributed by atoms with van der Waals surface area (Å²) in [7, 11) is -0.421. The molecule has 6 nitrogen and oxygen atoms in total. The third kappa shape index (κ3) is 3.57. The highest BCUT2D eigenvalue weighted by Crippen LogP contribution is 2.09. The average Bonchev–Trinajstić information content (AvgIpc) is 2.21. The molecule has 0 aliphatic rings. The van der Waals surface area contributed by atoms with Crippen molar-refractivity contribution in [2.75, 3.05) is 0 Å². The molecule has 1 aromatic heterocycles. The van der Waals surface area contributed by atoms with Crippen molar-refractivity contribution in [1.29, 1.82) is 0 Å². The van der Waals surface area contributed by atoms with Crippen molar-refractivity contribution >= 4 is 13.7 Å². The lowest BCUT2D eigenvalue weighted by Gasteiger charge is -2.06. The van der Waals surface area contributed by atoms with E-state index in [0.29, 0.717) is 11.4 Å². The highest BCUT2D eigenvalue weighted by molar-refractivity contribution is 6.17. The van der Waals surface area contributed by atoms with Crippen LogP contribution in [0.1, 0.15) is 5.69 Å². The Labute approximate surface area is 87.0 Å². The Morgan fingerprint density at radius 1 is 1.67 bits per heavy atom. The minimum absolute atomic E-state index is 0.161. The average molecular weight is 210 g/mol. The van der Waals surface area contributed by atoms with Crippen LogP contribution in [0.4, 0.5) is 0 Å². The Morgan fingerprint density at radius 3 is 2.87 bits per heavy atom. The Kier molecular flexibility index (Phi) is 4.08. The second kappa shape index (κ2) is 5.33. The summed E-state index contributed by atoms with van der Waals surface area (Å²) >= 11 is 0. The monoisotopic (exact) mass is 210 g/mol. The fourth-order valence-electron chi connectivity index (χ4n) is 1.00. The predicted octanol–water partition coefficient (Wildman–Crippen LogP) is -1.33. The molecule has 0 saturated carbocycles. The van der Waals surface area contributed by atoms with E-state index in [0.717, 1.165) is 0 Å². The van der Waals surface area contributed by atoms with E-state index in [-0.39, 0.29) is 6.42 Å². The zero-order chi connectivity index (χ0) is 11.3. The summed E-state index contributed by atoms with van der Waals surface area (Å²) < 4.78 is 4.76. The van der Waals surface area contributed by atoms with Gasteiger partial charge in [0.05, 0.1) is 6.20 Å². The van der Waals surface area contributed by atoms with Gasteiger partial charge in [0.2, 0.25) is 0 Å². The maximum Gasteiger partial charge on any atom is 0.504 e. The number of hydrogen-bond acceptors (Lipinski definition) is 5. The first-order valence-electron chi connectivity index (χ1n) is 4.30. The van der Waals surface area contributed by atoms with Crippen LogP contribution in [0.2, 0.25) is 0 Å². The predicted molar refractivity (Wildman–Crippen MR) is 53.5 cm³/mol. The second-order valence-corrected chi connectivity index (χ2v) is 2.91. The SMILES string of the molecule is N[C@@H](Cc1ccc(OBO)cn1)C(=O)O. The van der Waals surface area contributed by atoms with Crippen molar-refractivity contribution in [2.24, 2.45) is 5.73 Å². The lowest BCUT2D eigenvalue weighted by Crippen LogP contribution is -2.32. The minimum atomic E-state index is -1.06. The number of carboxylic acids is 1. The topological polar surface area (TPSA) is 106 Å². The Balaban J connectivity index is 2.60. The fourth-order valence-corrected chi connectivity index (χ4v) is 1.00. The van der Waals surface area contributed by atoms with Crippen LogP contribution in [-0.2, 0) is 11.2 Å². The van der Waals surface area contributed by atoms with Crippen molar-refractivity contribution in [3.63, 3.8) is 0 Å². The van der Waals surface area contributed by atoms with Crippen LogP contribution in [0, 0.1) is 0 Å². The first kappa shape index (κ1) is 11.5. The second-order valence-electron chi connectivity index (χ2n) is 2.91. The molecular weight excluding hydrogens is 199 g/mol. The van der Waals surface area contributed by atoms with E-state index in [1.807, 2.05) is 0 Å². The van der Waals surface area contributed by atoms with Crippen LogP contribution in [0.3, 0.4) is 0 Å². The van der Waals surface area contributed by atoms with Crippen LogP contribution in [0.15, 0.2) is 18.3 Å². The summed E-state index contributed by atoms with van der Waals surface area (Å²) in [5.41, 5.74) is 5.90. The van der Waals surface area contributed by atoms with Crippen LogP contribution >= 0.6 is 0 Å². The number of aromatic nitrogens is 1. The van der Waals surface area contributed by atoms with Gasteiger partial charge >= 0.3 is 13.7 Å². The normalized spacial score (nSPS) is 11.9. The van der Waals surface area contributed by atoms with Crippen molar-refractivity contribution in [3.8, 4) is 5.75 Å². The summed E-state index contributed by atoms with van der Waals surface area (Å²) in [6, 6.07) is 2.24. The largest absolute Gasteiger partial charge is 0.538 e. The molecule has 0 aliphatic carbocycles. The Morgan fingerprint density at radius 2 is 2.40 bits per heavy atom. The molecule has 0 fully saturated rings. The minimum Gasteiger partial charge on any atom is -0.538 e. The molecule has 1 rings (SSSR count). The number of nitrogens with zero attached hydrogens (tertiary/aromatic N) is 1. The molecule has 0 aromatic carbocycles. The van der Waals surface area contributed by atoms with Crippen molar-refractivity contribution < 1.29 is 19.6 Å². The number of carbonyl (C=O) groups is 1. The Hall–Kier alpha value is -1.60. The van der Waals surface area contributed by atoms with Crippen molar-refractivity contribution in [3.05, 3.63) is 24.0 Å². The standard InChI is InChI=1S/C8H11BN2O4/c10-7(8(12)13)3-5-1-2-6(4-11-5)15-9-14/h1-2,4,7,9,14H,3,10H2,(H,12,13)/t7-/m0/s1. The van der Waals surface area contributed by atoms with Crippen LogP contribution < -0.4 is 10.4 Å². The van der Waals surface area contributed by atoms with Gasteiger partial charge in [-0.25, -0.2) is 0 Å². The zero-order valence-corrected chi connectivity index (χ0v) is 7.96. The van der Waals surface area contributed by atoms with E-state index >= 15 is 0 Å². The van der Waals surface area contributed by atoms with Crippen LogP contribution in [0.25, 0.3) is 0 Å². The molecule has 15 heavy (non-hydrogen) atoms. The molecule has 4 N–H and O–H groups in total. The fraction of sp³-hybridized carbons (Fsp3) is 0.250. The first-order valence-corrected chi connectivity index (χ1v) is 4.30. The Bertz CT molecular complexity index is 330. The lowest BCUT2D eigenvalue weighted by molar-refractivity contribution is -0.138. The number of aliphatic carboxylic acids is 1. The molecule has 0 saturated heterocycles. The molecule has 1 heterocycles. The molecule has 0 spiro atoms. The van der Waals surface area contributed by atoms with Crippen molar-refractivity contribution in [1.82, 2.24) is 4.98 Å². The maximum atomic E-state index is 10.5. The summed E-state index contributed by atoms with van der Waals surface area (Å²) in [6.07, 6.45) is 1.56. The molecule has 80 valence electrons. The number of nitrogens with two attached hydrogens (primary N) is 1. The number of pyridine rings is 1. The number of hydrogen-bond donors (Lipinski definition) is 3. The number of carboxylic acid groups (broad SMARTS) is 1. The third-order valence-corrected chi connectivity index (χ3v) is 1.78. The van der Waals surface area contributed by atoms with E-state index in [9.17, 15) is 4.79 Å². The van der Waals surface area contributed by atoms with E-state index in [1.165, 1.54) is 6.20 Å². The smallest absolute Gasteiger partial charge is 0.504 e. The van der Waals surface area contributed by atoms with Gasteiger partial charge in [0.15, 0.2) is 0 Å². The molecule has 0 radical (unpaired) electrons. The molecule has 7 heteroatoms. The summed E-state index contributed by atoms with van der Waals surface area (Å²) in [5, 5.41) is 17.0. The van der Waals surface area contributed by atoms with Crippen molar-refractivity contribution in [2.45, 2.75) is 12.5 Å². The maximum absolute atomic E-state index is 10.5. The van der Waals surface area contributed by atoms with E-state index in [1.54, 1.807) is 12.1 Å². The zero-order valence-electron chi connectivity index (χ0n) is 7.96. The van der Waals surface area contributed by atoms with Gasteiger partial charge < -0.3 is 20.5 Å². The molecule has 0 aliphatic heterocycles. The quantitative estimate of drug-likeness (QED) is 0.520. The first-order chi connectivity index (χ1) is 7.13. The molecule has 0 amide bonds. The summed E-state index contributed by atoms with van der Waals surface area (Å²) in [5.74, 6) is -0.641. The summed E-state index contributed by atoms with van der Waals surface area (Å²) in [6.45, 7) is 0. The van der Waals surface area contributed by atoms with Crippen LogP contribution in [0.5, 0.6) is 5.75 Å². The van der Waals surface area contributed by atoms with Gasteiger partial charge in [-0.15, -0.1) is 0 Å². The van der Waals surface area contributed by atoms with Gasteiger partial charge in [0.25, 0.3) is 0 Å². The lowest BCUT2D eigenvalue weighted by atomic mass is 10.1. The van der Waals surface area contributed by atoms with Gasteiger partial charge in [0, 0.05) is 12.1 Å². The van der Waals surface area contributed by atoms with Gasteiger partial charge in [0.1, 0.15) is 11.8 Å². The van der Waals surface area contributed by atoms with E-state index in [2.05, 4.69) is 4.98 Å². The van der Waals surface area contributed by atoms with Gasteiger partial charge in [-0.2, -0.15) is 0 Å². The third-order valence-electron chi connectivity index (χ3n) is 1.78. The van der Waals surface area contributed by atoms with Gasteiger partial charge in [-0.1, -0.05) is 0 Å². The van der Waals surface area contributed by atoms with Crippen LogP contribution in [-0.4, -0.2) is 34.8 Å². The molecule has 1 atom stereocenters. The number of rotatable bonds is 5. The van der Waals surface area contributed by atoms with E-state index in [4.69, 9.17) is 20.5 Å². The highest BCUT2D eigenvalue weighted by atomic mass is 16.5. The molecule has 0 bridgehead atoms. The van der Waals surface area contributed by atoms with Gasteiger partial charge in [-0.05, 0) is 12.1 Å². The summed E-state index contributed by atoms with van der Waals surface area (Å²) in [4.78, 5) is 14.4. The molecule has 0 unspecified atom stereocenters. The molecular formula is C8H11BN2O4. The molecule has 1 aromatic rings. The van der Waals surface area contributed by atoms with Gasteiger partial charge in [-0.3, -0.25) is 9.78 Å². The van der Waals surface area contributed by atoms with E-state index < -0.39 is 19.7 Å². The highest BCUT2D eigenvalue weighted by Gasteiger charge is 2.12.